The molecule has 0 saturated heterocycles. The number of carbonyl (C=O) groups is 3. The van der Waals surface area contributed by atoms with Crippen LogP contribution in [0, 0.1) is 0 Å². The first-order valence-corrected chi connectivity index (χ1v) is 18.7. The highest BCUT2D eigenvalue weighted by molar-refractivity contribution is 5.86. The second-order valence-electron chi connectivity index (χ2n) is 15.2. The maximum Gasteiger partial charge on any atom is 0.417 e. The predicted molar refractivity (Wildman–Crippen MR) is 218 cm³/mol. The number of alkyl carbamates (subject to hydrolysis) is 1. The van der Waals surface area contributed by atoms with Crippen LogP contribution in [-0.4, -0.2) is 54.7 Å². The van der Waals surface area contributed by atoms with Crippen LogP contribution in [0.15, 0.2) is 97.3 Å². The van der Waals surface area contributed by atoms with Gasteiger partial charge in [-0.15, -0.1) is 22.6 Å². The van der Waals surface area contributed by atoms with E-state index in [-0.39, 0.29) is 36.1 Å². The number of amides is 3. The first kappa shape index (κ1) is 49.4. The Morgan fingerprint density at radius 3 is 1.80 bits per heavy atom. The number of hydrazine groups is 1. The lowest BCUT2D eigenvalue weighted by atomic mass is 10.0. The number of hydrogen-bond acceptors (Lipinski definition) is 9. The van der Waals surface area contributed by atoms with E-state index in [4.69, 9.17) is 10.5 Å². The molecule has 2 aromatic carbocycles. The number of ether oxygens (including phenoxy) is 1. The van der Waals surface area contributed by atoms with Crippen molar-refractivity contribution in [3.8, 4) is 0 Å². The molecule has 0 aliphatic heterocycles. The number of rotatable bonds is 13. The molecule has 2 atom stereocenters. The molecule has 0 saturated carbocycles. The van der Waals surface area contributed by atoms with Crippen molar-refractivity contribution < 1.29 is 45.5 Å². The average Bonchev–Trinajstić information content (AvgIpc) is 3.60. The SMILES string of the molecule is CC(C)(C)OC(=O)N[C@H](CCc1ccccc1)C(=O)NNc1ccc(C(F)(F)F)cn1.CC(C)(N)C(=O)N[C@H](CCc1ccccc1)c1nnc2ccc(C(F)(F)F)cn12.Cl. The van der Waals surface area contributed by atoms with Gasteiger partial charge in [-0.25, -0.2) is 9.78 Å². The number of pyridine rings is 2. The van der Waals surface area contributed by atoms with E-state index in [1.54, 1.807) is 34.6 Å². The highest BCUT2D eigenvalue weighted by Crippen LogP contribution is 2.31. The van der Waals surface area contributed by atoms with E-state index in [0.29, 0.717) is 25.5 Å². The molecule has 5 aromatic rings. The van der Waals surface area contributed by atoms with Crippen molar-refractivity contribution in [1.82, 2.24) is 35.6 Å². The van der Waals surface area contributed by atoms with E-state index in [1.807, 2.05) is 60.7 Å². The number of hydrogen-bond donors (Lipinski definition) is 5. The Kier molecular flexibility index (Phi) is 17.0. The number of benzene rings is 2. The van der Waals surface area contributed by atoms with Gasteiger partial charge in [-0.2, -0.15) is 26.3 Å². The van der Waals surface area contributed by atoms with Gasteiger partial charge in [-0.1, -0.05) is 60.7 Å². The maximum atomic E-state index is 13.2. The molecule has 3 aromatic heterocycles. The molecule has 5 rings (SSSR count). The number of nitrogens with zero attached hydrogens (tertiary/aromatic N) is 4. The number of fused-ring (bicyclic) bond motifs is 1. The Labute approximate surface area is 354 Å². The zero-order valence-electron chi connectivity index (χ0n) is 33.9. The van der Waals surface area contributed by atoms with Crippen LogP contribution in [0.2, 0.25) is 0 Å². The lowest BCUT2D eigenvalue weighted by Gasteiger charge is -2.23. The number of nitrogens with two attached hydrogens (primary N) is 1. The molecule has 0 aliphatic carbocycles. The number of nitrogens with one attached hydrogen (secondary N) is 4. The third-order valence-electron chi connectivity index (χ3n) is 8.50. The Hall–Kier alpha value is -5.95. The predicted octanol–water partition coefficient (Wildman–Crippen LogP) is 7.77. The van der Waals surface area contributed by atoms with Crippen LogP contribution in [-0.2, 0) is 39.5 Å². The van der Waals surface area contributed by atoms with Gasteiger partial charge in [-0.3, -0.25) is 24.8 Å². The molecule has 13 nitrogen and oxygen atoms in total. The van der Waals surface area contributed by atoms with Gasteiger partial charge in [0.2, 0.25) is 5.91 Å². The summed E-state index contributed by atoms with van der Waals surface area (Å²) in [7, 11) is 0. The molecule has 0 fully saturated rings. The molecule has 3 amide bonds. The molecule has 0 unspecified atom stereocenters. The smallest absolute Gasteiger partial charge is 0.417 e. The van der Waals surface area contributed by atoms with Gasteiger partial charge >= 0.3 is 18.4 Å². The number of aromatic nitrogens is 4. The lowest BCUT2D eigenvalue weighted by molar-refractivity contribution is -0.138. The van der Waals surface area contributed by atoms with Gasteiger partial charge in [0.05, 0.1) is 22.7 Å². The normalized spacial score (nSPS) is 12.8. The molecule has 0 bridgehead atoms. The number of anilines is 1. The number of carbonyl (C=O) groups excluding carboxylic acids is 3. The largest absolute Gasteiger partial charge is 0.444 e. The molecule has 330 valence electrons. The summed E-state index contributed by atoms with van der Waals surface area (Å²) < 4.78 is 83.8. The van der Waals surface area contributed by atoms with E-state index < -0.39 is 64.6 Å². The van der Waals surface area contributed by atoms with Crippen molar-refractivity contribution in [2.45, 2.75) is 95.9 Å². The van der Waals surface area contributed by atoms with Gasteiger partial charge in [0, 0.05) is 12.4 Å². The van der Waals surface area contributed by atoms with Gasteiger partial charge in [-0.05, 0) is 95.7 Å². The quantitative estimate of drug-likeness (QED) is 0.0584. The van der Waals surface area contributed by atoms with Crippen molar-refractivity contribution in [2.24, 2.45) is 5.73 Å². The fourth-order valence-corrected chi connectivity index (χ4v) is 5.40. The third-order valence-corrected chi connectivity index (χ3v) is 8.50. The molecule has 20 heteroatoms. The standard InChI is InChI=1S/C21H25F3N4O3.C20H22F3N5O.ClH/c1-20(2,3)31-19(30)26-16(11-9-14-7-5-4-6-8-14)18(29)28-27-17-12-10-15(13-25-17)21(22,23)24;1-19(2,24)18(29)25-15(10-8-13-6-4-3-5-7-13)17-27-26-16-11-9-14(12-28(16)17)20(21,22)23;/h4-8,10,12-13,16H,9,11H2,1-3H3,(H,25,27)(H,26,30)(H,28,29);3-7,9,11-12,15H,8,10,24H2,1-2H3,(H,25,29);1H/t16-;15-;/m11./s1. The Balaban J connectivity index is 0.000000321. The van der Waals surface area contributed by atoms with E-state index >= 15 is 0 Å². The van der Waals surface area contributed by atoms with E-state index in [9.17, 15) is 40.7 Å². The second-order valence-corrected chi connectivity index (χ2v) is 15.2. The molecule has 3 heterocycles. The van der Waals surface area contributed by atoms with Crippen molar-refractivity contribution in [3.05, 3.63) is 125 Å². The zero-order chi connectivity index (χ0) is 44.3. The summed E-state index contributed by atoms with van der Waals surface area (Å²) in [6.07, 6.45) is -6.38. The highest BCUT2D eigenvalue weighted by atomic mass is 35.5. The summed E-state index contributed by atoms with van der Waals surface area (Å²) in [5, 5.41) is 13.3. The molecule has 0 radical (unpaired) electrons. The first-order valence-electron chi connectivity index (χ1n) is 18.7. The van der Waals surface area contributed by atoms with Gasteiger partial charge < -0.3 is 21.1 Å². The van der Waals surface area contributed by atoms with Crippen LogP contribution < -0.4 is 27.2 Å². The Bertz CT molecular complexity index is 2180. The summed E-state index contributed by atoms with van der Waals surface area (Å²) >= 11 is 0. The Morgan fingerprint density at radius 1 is 0.738 bits per heavy atom. The van der Waals surface area contributed by atoms with Gasteiger partial charge in [0.15, 0.2) is 11.5 Å². The van der Waals surface area contributed by atoms with Crippen LogP contribution >= 0.6 is 12.4 Å². The van der Waals surface area contributed by atoms with Crippen molar-refractivity contribution >= 4 is 41.8 Å². The van der Waals surface area contributed by atoms with Crippen molar-refractivity contribution in [3.63, 3.8) is 0 Å². The molecule has 61 heavy (non-hydrogen) atoms. The molecule has 0 aliphatic rings. The van der Waals surface area contributed by atoms with Crippen LogP contribution in [0.4, 0.5) is 37.0 Å². The second kappa shape index (κ2) is 21.0. The topological polar surface area (TPSA) is 178 Å². The van der Waals surface area contributed by atoms with Gasteiger partial charge in [0.25, 0.3) is 5.91 Å². The Morgan fingerprint density at radius 2 is 1.30 bits per heavy atom. The van der Waals surface area contributed by atoms with Crippen molar-refractivity contribution in [2.75, 3.05) is 5.43 Å². The molecular formula is C41H48ClF6N9O4. The maximum absolute atomic E-state index is 13.2. The van der Waals surface area contributed by atoms with Crippen LogP contribution in [0.25, 0.3) is 5.65 Å². The minimum absolute atomic E-state index is 0. The fraction of sp³-hybridized carbons (Fsp3) is 0.366. The summed E-state index contributed by atoms with van der Waals surface area (Å²) in [6, 6.07) is 21.5. The van der Waals surface area contributed by atoms with E-state index in [0.717, 1.165) is 35.5 Å². The van der Waals surface area contributed by atoms with Crippen LogP contribution in [0.1, 0.15) is 81.6 Å². The molecular weight excluding hydrogens is 832 g/mol. The highest BCUT2D eigenvalue weighted by Gasteiger charge is 2.33. The van der Waals surface area contributed by atoms with Gasteiger partial charge in [0.1, 0.15) is 17.5 Å². The minimum Gasteiger partial charge on any atom is -0.444 e. The monoisotopic (exact) mass is 879 g/mol. The third kappa shape index (κ3) is 15.9. The number of halogens is 7. The summed E-state index contributed by atoms with van der Waals surface area (Å²) in [5.74, 6) is -0.789. The first-order chi connectivity index (χ1) is 28.0. The minimum atomic E-state index is -4.51. The van der Waals surface area contributed by atoms with Crippen molar-refractivity contribution in [1.29, 1.82) is 0 Å². The lowest BCUT2D eigenvalue weighted by Crippen LogP contribution is -2.50. The summed E-state index contributed by atoms with van der Waals surface area (Å²) in [4.78, 5) is 40.8. The van der Waals surface area contributed by atoms with E-state index in [1.165, 1.54) is 10.5 Å². The number of alkyl halides is 6. The molecule has 0 spiro atoms. The fourth-order valence-electron chi connectivity index (χ4n) is 5.40. The summed E-state index contributed by atoms with van der Waals surface area (Å²) in [5.41, 5.74) is 9.34. The zero-order valence-corrected chi connectivity index (χ0v) is 34.7. The van der Waals surface area contributed by atoms with E-state index in [2.05, 4.69) is 36.7 Å². The van der Waals surface area contributed by atoms with Crippen LogP contribution in [0.3, 0.4) is 0 Å². The summed E-state index contributed by atoms with van der Waals surface area (Å²) in [6.45, 7) is 8.21. The number of aryl methyl sites for hydroxylation is 2. The molecule has 6 N–H and O–H groups in total. The average molecular weight is 880 g/mol. The van der Waals surface area contributed by atoms with Crippen LogP contribution in [0.5, 0.6) is 0 Å².